The Kier molecular flexibility index (Phi) is 3.49. The highest BCUT2D eigenvalue weighted by Gasteiger charge is 2.27. The zero-order valence-corrected chi connectivity index (χ0v) is 11.5. The van der Waals surface area contributed by atoms with Crippen LogP contribution in [0.3, 0.4) is 0 Å². The first-order valence-electron chi connectivity index (χ1n) is 6.91. The summed E-state index contributed by atoms with van der Waals surface area (Å²) in [6.45, 7) is 3.29. The number of fused-ring (bicyclic) bond motifs is 1. The number of ether oxygens (including phenoxy) is 1. The number of halogens is 1. The van der Waals surface area contributed by atoms with Gasteiger partial charge in [0.15, 0.2) is 0 Å². The van der Waals surface area contributed by atoms with E-state index in [0.717, 1.165) is 29.7 Å². The lowest BCUT2D eigenvalue weighted by Gasteiger charge is -2.20. The fourth-order valence-electron chi connectivity index (χ4n) is 3.13. The van der Waals surface area contributed by atoms with Crippen molar-refractivity contribution in [3.63, 3.8) is 0 Å². The Morgan fingerprint density at radius 1 is 1.39 bits per heavy atom. The van der Waals surface area contributed by atoms with Crippen LogP contribution in [0.4, 0.5) is 0 Å². The first kappa shape index (κ1) is 12.3. The molecule has 18 heavy (non-hydrogen) atoms. The number of rotatable bonds is 3. The van der Waals surface area contributed by atoms with E-state index in [1.165, 1.54) is 24.8 Å². The number of benzene rings is 1. The molecule has 0 saturated heterocycles. The van der Waals surface area contributed by atoms with E-state index < -0.39 is 0 Å². The zero-order chi connectivity index (χ0) is 12.5. The van der Waals surface area contributed by atoms with Crippen molar-refractivity contribution >= 4 is 11.6 Å². The largest absolute Gasteiger partial charge is 0.488 e. The fraction of sp³-hybridized carbons (Fsp3) is 0.600. The minimum atomic E-state index is 0.270. The molecule has 1 N–H and O–H groups in total. The van der Waals surface area contributed by atoms with Crippen LogP contribution in [-0.2, 0) is 6.42 Å². The minimum absolute atomic E-state index is 0.270. The van der Waals surface area contributed by atoms with Crippen molar-refractivity contribution < 1.29 is 4.74 Å². The van der Waals surface area contributed by atoms with E-state index in [0.29, 0.717) is 6.04 Å². The summed E-state index contributed by atoms with van der Waals surface area (Å²) in [5, 5.41) is 4.47. The summed E-state index contributed by atoms with van der Waals surface area (Å²) >= 11 is 6.00. The van der Waals surface area contributed by atoms with Gasteiger partial charge in [0.25, 0.3) is 0 Å². The molecule has 98 valence electrons. The molecule has 0 spiro atoms. The molecule has 2 nitrogen and oxygen atoms in total. The van der Waals surface area contributed by atoms with Crippen molar-refractivity contribution in [1.29, 1.82) is 0 Å². The van der Waals surface area contributed by atoms with Crippen LogP contribution in [0.5, 0.6) is 5.75 Å². The highest BCUT2D eigenvalue weighted by atomic mass is 35.5. The first-order chi connectivity index (χ1) is 8.72. The molecule has 3 unspecified atom stereocenters. The van der Waals surface area contributed by atoms with Gasteiger partial charge in [0.1, 0.15) is 11.9 Å². The maximum absolute atomic E-state index is 6.00. The van der Waals surface area contributed by atoms with Crippen molar-refractivity contribution in [3.8, 4) is 5.75 Å². The van der Waals surface area contributed by atoms with Crippen LogP contribution in [-0.4, -0.2) is 18.7 Å². The van der Waals surface area contributed by atoms with Crippen LogP contribution in [0.1, 0.15) is 31.7 Å². The van der Waals surface area contributed by atoms with Crippen molar-refractivity contribution in [1.82, 2.24) is 5.32 Å². The molecule has 1 aromatic rings. The molecule has 1 fully saturated rings. The van der Waals surface area contributed by atoms with E-state index >= 15 is 0 Å². The SMILES string of the molecule is CC1CCCC1NCC1Cc2cc(Cl)ccc2O1. The molecule has 1 aromatic carbocycles. The van der Waals surface area contributed by atoms with Crippen molar-refractivity contribution in [2.75, 3.05) is 6.54 Å². The standard InChI is InChI=1S/C15H20ClNO/c1-10-3-2-4-14(10)17-9-13-8-11-7-12(16)5-6-15(11)18-13/h5-7,10,13-14,17H,2-4,8-9H2,1H3. The van der Waals surface area contributed by atoms with E-state index in [1.807, 2.05) is 18.2 Å². The Bertz CT molecular complexity index is 435. The minimum Gasteiger partial charge on any atom is -0.488 e. The van der Waals surface area contributed by atoms with Gasteiger partial charge < -0.3 is 10.1 Å². The van der Waals surface area contributed by atoms with Crippen molar-refractivity contribution in [3.05, 3.63) is 28.8 Å². The van der Waals surface area contributed by atoms with Gasteiger partial charge in [0.05, 0.1) is 0 Å². The predicted molar refractivity (Wildman–Crippen MR) is 74.4 cm³/mol. The number of nitrogens with one attached hydrogen (secondary N) is 1. The smallest absolute Gasteiger partial charge is 0.123 e. The summed E-state index contributed by atoms with van der Waals surface area (Å²) in [6.07, 6.45) is 5.28. The average Bonchev–Trinajstić information content (AvgIpc) is 2.92. The molecule has 3 rings (SSSR count). The maximum Gasteiger partial charge on any atom is 0.123 e. The molecule has 1 saturated carbocycles. The van der Waals surface area contributed by atoms with Gasteiger partial charge >= 0.3 is 0 Å². The molecule has 1 aliphatic heterocycles. The summed E-state index contributed by atoms with van der Waals surface area (Å²) in [5.41, 5.74) is 1.24. The van der Waals surface area contributed by atoms with Gasteiger partial charge in [0, 0.05) is 24.0 Å². The number of hydrogen-bond acceptors (Lipinski definition) is 2. The lowest BCUT2D eigenvalue weighted by Crippen LogP contribution is -2.38. The molecular weight excluding hydrogens is 246 g/mol. The second kappa shape index (κ2) is 5.10. The molecule has 1 heterocycles. The van der Waals surface area contributed by atoms with Gasteiger partial charge in [-0.15, -0.1) is 0 Å². The Hall–Kier alpha value is -0.730. The van der Waals surface area contributed by atoms with Gasteiger partial charge in [-0.1, -0.05) is 24.9 Å². The second-order valence-electron chi connectivity index (χ2n) is 5.62. The third-order valence-corrected chi connectivity index (χ3v) is 4.47. The topological polar surface area (TPSA) is 21.3 Å². The fourth-order valence-corrected chi connectivity index (χ4v) is 3.33. The first-order valence-corrected chi connectivity index (χ1v) is 7.28. The molecule has 0 radical (unpaired) electrons. The van der Waals surface area contributed by atoms with Gasteiger partial charge in [0.2, 0.25) is 0 Å². The van der Waals surface area contributed by atoms with Crippen LogP contribution < -0.4 is 10.1 Å². The Morgan fingerprint density at radius 3 is 3.06 bits per heavy atom. The van der Waals surface area contributed by atoms with E-state index in [4.69, 9.17) is 16.3 Å². The van der Waals surface area contributed by atoms with Crippen LogP contribution in [0.15, 0.2) is 18.2 Å². The molecule has 1 aliphatic carbocycles. The van der Waals surface area contributed by atoms with E-state index in [1.54, 1.807) is 0 Å². The van der Waals surface area contributed by atoms with Crippen molar-refractivity contribution in [2.24, 2.45) is 5.92 Å². The highest BCUT2D eigenvalue weighted by Crippen LogP contribution is 2.31. The van der Waals surface area contributed by atoms with Crippen LogP contribution in [0.2, 0.25) is 5.02 Å². The normalized spacial score (nSPS) is 30.2. The Labute approximate surface area is 114 Å². The Balaban J connectivity index is 1.54. The van der Waals surface area contributed by atoms with Crippen LogP contribution >= 0.6 is 11.6 Å². The molecule has 3 heteroatoms. The lowest BCUT2D eigenvalue weighted by atomic mass is 10.1. The molecule has 0 bridgehead atoms. The molecule has 2 aliphatic rings. The van der Waals surface area contributed by atoms with E-state index in [9.17, 15) is 0 Å². The third kappa shape index (κ3) is 2.50. The molecule has 0 aromatic heterocycles. The second-order valence-corrected chi connectivity index (χ2v) is 6.06. The lowest BCUT2D eigenvalue weighted by molar-refractivity contribution is 0.217. The van der Waals surface area contributed by atoms with Gasteiger partial charge in [-0.25, -0.2) is 0 Å². The zero-order valence-electron chi connectivity index (χ0n) is 10.8. The van der Waals surface area contributed by atoms with Crippen molar-refractivity contribution in [2.45, 2.75) is 44.8 Å². The van der Waals surface area contributed by atoms with Gasteiger partial charge in [-0.05, 0) is 42.5 Å². The average molecular weight is 266 g/mol. The van der Waals surface area contributed by atoms with E-state index in [2.05, 4.69) is 12.2 Å². The highest BCUT2D eigenvalue weighted by molar-refractivity contribution is 6.30. The summed E-state index contributed by atoms with van der Waals surface area (Å²) in [6, 6.07) is 6.58. The maximum atomic E-state index is 6.00. The summed E-state index contributed by atoms with van der Waals surface area (Å²) in [5.74, 6) is 1.81. The third-order valence-electron chi connectivity index (χ3n) is 4.23. The molecular formula is C15H20ClNO. The van der Waals surface area contributed by atoms with Crippen LogP contribution in [0, 0.1) is 5.92 Å². The molecule has 3 atom stereocenters. The monoisotopic (exact) mass is 265 g/mol. The Morgan fingerprint density at radius 2 is 2.28 bits per heavy atom. The quantitative estimate of drug-likeness (QED) is 0.904. The van der Waals surface area contributed by atoms with Gasteiger partial charge in [-0.2, -0.15) is 0 Å². The number of hydrogen-bond donors (Lipinski definition) is 1. The van der Waals surface area contributed by atoms with Crippen LogP contribution in [0.25, 0.3) is 0 Å². The summed E-state index contributed by atoms with van der Waals surface area (Å²) in [4.78, 5) is 0. The molecule has 0 amide bonds. The van der Waals surface area contributed by atoms with Gasteiger partial charge in [-0.3, -0.25) is 0 Å². The predicted octanol–water partition coefficient (Wildman–Crippen LogP) is 3.42. The van der Waals surface area contributed by atoms with E-state index in [-0.39, 0.29) is 6.10 Å². The summed E-state index contributed by atoms with van der Waals surface area (Å²) in [7, 11) is 0. The summed E-state index contributed by atoms with van der Waals surface area (Å²) < 4.78 is 5.94.